The maximum atomic E-state index is 11.6. The molecule has 1 unspecified atom stereocenters. The van der Waals surface area contributed by atoms with Crippen molar-refractivity contribution in [2.75, 3.05) is 67.4 Å². The molecule has 1 aromatic carbocycles. The number of hydrogen-bond donors (Lipinski definition) is 2. The molecule has 1 atom stereocenters. The fourth-order valence-corrected chi connectivity index (χ4v) is 4.70. The summed E-state index contributed by atoms with van der Waals surface area (Å²) < 4.78 is 33.6. The summed E-state index contributed by atoms with van der Waals surface area (Å²) in [6.45, 7) is 24.5. The molecule has 19 nitrogen and oxygen atoms in total. The van der Waals surface area contributed by atoms with Crippen LogP contribution in [0.25, 0.3) is 0 Å². The van der Waals surface area contributed by atoms with Gasteiger partial charge in [-0.1, -0.05) is 46.2 Å². The van der Waals surface area contributed by atoms with Crippen LogP contribution >= 0.6 is 11.8 Å². The quantitative estimate of drug-likeness (QED) is 0.0244. The van der Waals surface area contributed by atoms with Crippen molar-refractivity contribution in [2.24, 2.45) is 21.4 Å². The average molecular weight is 1010 g/mol. The lowest BCUT2D eigenvalue weighted by atomic mass is 9.91. The zero-order chi connectivity index (χ0) is 54.6. The fraction of sp³-hybridized carbons (Fsp3) is 0.694. The van der Waals surface area contributed by atoms with Gasteiger partial charge in [0.2, 0.25) is 0 Å². The van der Waals surface area contributed by atoms with E-state index in [9.17, 15) is 38.4 Å². The summed E-state index contributed by atoms with van der Waals surface area (Å²) in [5.41, 5.74) is -2.37. The average Bonchev–Trinajstić information content (AvgIpc) is 3.33. The first-order valence-electron chi connectivity index (χ1n) is 22.6. The van der Waals surface area contributed by atoms with Gasteiger partial charge in [-0.15, -0.1) is 0 Å². The summed E-state index contributed by atoms with van der Waals surface area (Å²) in [4.78, 5) is 94.9. The second-order valence-electron chi connectivity index (χ2n) is 16.9. The first kappa shape index (κ1) is 70.5. The molecular formula is C49H83NO18S. The van der Waals surface area contributed by atoms with E-state index in [1.165, 1.54) is 7.11 Å². The van der Waals surface area contributed by atoms with Crippen LogP contribution in [0, 0.1) is 16.2 Å². The summed E-state index contributed by atoms with van der Waals surface area (Å²) in [6.07, 6.45) is 8.11. The van der Waals surface area contributed by atoms with Crippen LogP contribution in [0.2, 0.25) is 0 Å². The van der Waals surface area contributed by atoms with Gasteiger partial charge in [-0.3, -0.25) is 14.4 Å². The fourth-order valence-electron chi connectivity index (χ4n) is 4.10. The Labute approximate surface area is 414 Å². The van der Waals surface area contributed by atoms with E-state index >= 15 is 0 Å². The number of carboxylic acid groups (broad SMARTS) is 2. The van der Waals surface area contributed by atoms with E-state index in [0.29, 0.717) is 25.7 Å². The number of hydrogen-bond acceptors (Lipinski definition) is 18. The lowest BCUT2D eigenvalue weighted by molar-refractivity contribution is -0.155. The highest BCUT2D eigenvalue weighted by Crippen LogP contribution is 2.23. The molecule has 0 spiro atoms. The highest BCUT2D eigenvalue weighted by atomic mass is 32.2. The van der Waals surface area contributed by atoms with Crippen LogP contribution in [0.3, 0.4) is 0 Å². The van der Waals surface area contributed by atoms with Gasteiger partial charge in [-0.25, -0.2) is 24.0 Å². The Bertz CT molecular complexity index is 1700. The molecule has 1 rings (SSSR count). The Hall–Kier alpha value is -5.08. The number of thioether (sulfide) groups is 1. The molecule has 0 amide bonds. The van der Waals surface area contributed by atoms with Gasteiger partial charge in [-0.05, 0) is 105 Å². The number of esters is 5. The predicted molar refractivity (Wildman–Crippen MR) is 264 cm³/mol. The van der Waals surface area contributed by atoms with Crippen molar-refractivity contribution < 1.29 is 86.6 Å². The second kappa shape index (κ2) is 38.7. The van der Waals surface area contributed by atoms with E-state index < -0.39 is 57.5 Å². The molecule has 2 N–H and O–H groups in total. The number of aromatic carboxylic acids is 2. The van der Waals surface area contributed by atoms with Gasteiger partial charge in [0.15, 0.2) is 0 Å². The van der Waals surface area contributed by atoms with Crippen molar-refractivity contribution in [2.45, 2.75) is 141 Å². The molecule has 0 aliphatic heterocycles. The summed E-state index contributed by atoms with van der Waals surface area (Å²) in [6, 6.07) is 1.54. The normalized spacial score (nSPS) is 11.4. The Morgan fingerprint density at radius 2 is 1.03 bits per heavy atom. The summed E-state index contributed by atoms with van der Waals surface area (Å²) in [5, 5.41) is 21.6. The number of nitrogens with zero attached hydrogens (tertiary/aromatic N) is 1. The first-order chi connectivity index (χ1) is 32.1. The highest BCUT2D eigenvalue weighted by Gasteiger charge is 2.29. The molecule has 0 saturated heterocycles. The van der Waals surface area contributed by atoms with E-state index in [2.05, 4.69) is 32.5 Å². The first-order valence-corrected chi connectivity index (χ1v) is 24.0. The van der Waals surface area contributed by atoms with Crippen molar-refractivity contribution in [3.63, 3.8) is 0 Å². The number of methoxy groups -OCH3 is 5. The van der Waals surface area contributed by atoms with E-state index in [1.54, 1.807) is 32.9 Å². The Morgan fingerprint density at radius 1 is 0.623 bits per heavy atom. The van der Waals surface area contributed by atoms with Gasteiger partial charge >= 0.3 is 47.8 Å². The zero-order valence-corrected chi connectivity index (χ0v) is 45.3. The van der Waals surface area contributed by atoms with Crippen LogP contribution in [-0.4, -0.2) is 137 Å². The topological polar surface area (TPSA) is 263 Å². The van der Waals surface area contributed by atoms with Crippen LogP contribution in [0.5, 0.6) is 0 Å². The Balaban J connectivity index is -0.000000399. The van der Waals surface area contributed by atoms with Gasteiger partial charge in [0.1, 0.15) is 0 Å². The molecule has 1 aromatic rings. The molecule has 69 heavy (non-hydrogen) atoms. The maximum Gasteiger partial charge on any atom is 0.338 e. The number of carbonyl (C=O) groups is 8. The third-order valence-electron chi connectivity index (χ3n) is 10.3. The minimum atomic E-state index is -1.52. The van der Waals surface area contributed by atoms with Crippen LogP contribution in [-0.2, 0) is 57.2 Å². The van der Waals surface area contributed by atoms with E-state index in [0.717, 1.165) is 70.3 Å². The number of unbranched alkanes of at least 4 members (excludes halogenated alkanes) is 1. The van der Waals surface area contributed by atoms with Crippen LogP contribution in [0.15, 0.2) is 17.3 Å². The third-order valence-corrected chi connectivity index (χ3v) is 11.0. The number of oxime groups is 1. The standard InChI is InChI=1S/C14H25NO4.C12H10O8.C10H20O2.C7H14O2.C6H14O2S/c1-6-11(3)15-19-12(16)9-8-10-18-13(17)14(4,5)7-2;1-19-11(17)7-4-8(12(18)20-2)6(10(15)16)3-5(7)9(13)14;1-5-7-8-12-9(11)10(3,4)6-2;1-5-7(2,3)6(8)9-4;1-7-4-6(8-2)5-9-3/h6-10H2,1-5H3;3-4H,1-2H3,(H,13,14)(H,15,16);5-8H2,1-4H3;5H2,1-4H3;6H,4-5H2,1-3H3. The van der Waals surface area contributed by atoms with Gasteiger partial charge in [0, 0.05) is 20.0 Å². The molecule has 398 valence electrons. The van der Waals surface area contributed by atoms with E-state index in [4.69, 9.17) is 34.0 Å². The molecule has 0 aliphatic rings. The minimum Gasteiger partial charge on any atom is -0.478 e. The van der Waals surface area contributed by atoms with E-state index in [-0.39, 0.29) is 47.9 Å². The van der Waals surface area contributed by atoms with Crippen molar-refractivity contribution in [3.8, 4) is 0 Å². The van der Waals surface area contributed by atoms with E-state index in [1.807, 2.05) is 69.2 Å². The molecule has 0 aromatic heterocycles. The third kappa shape index (κ3) is 30.9. The number of ether oxygens (including phenoxy) is 7. The SMILES string of the molecule is CCC(C)(C)C(=O)OC.CCC(C)=NOC(=O)CCCOC(=O)C(C)(C)CC.CCCCOC(=O)C(C)(C)CC.COC(=O)c1cc(C(=O)OC)c(C(=O)O)cc1C(=O)O.COCC(CSC)OC. The van der Waals surface area contributed by atoms with Gasteiger partial charge in [0.25, 0.3) is 0 Å². The second-order valence-corrected chi connectivity index (χ2v) is 17.8. The monoisotopic (exact) mass is 1010 g/mol. The zero-order valence-electron chi connectivity index (χ0n) is 44.5. The van der Waals surface area contributed by atoms with Crippen LogP contribution in [0.1, 0.15) is 176 Å². The van der Waals surface area contributed by atoms with Crippen LogP contribution < -0.4 is 0 Å². The molecule has 0 bridgehead atoms. The Kier molecular flexibility index (Phi) is 39.6. The van der Waals surface area contributed by atoms with Gasteiger partial charge < -0.3 is 48.2 Å². The molecular weight excluding hydrogens is 923 g/mol. The van der Waals surface area contributed by atoms with Gasteiger partial charge in [-0.2, -0.15) is 11.8 Å². The number of benzene rings is 1. The van der Waals surface area contributed by atoms with Crippen molar-refractivity contribution >= 4 is 65.2 Å². The number of carboxylic acids is 2. The molecule has 0 heterocycles. The minimum absolute atomic E-state index is 0.0709. The highest BCUT2D eigenvalue weighted by molar-refractivity contribution is 7.98. The lowest BCUT2D eigenvalue weighted by Crippen LogP contribution is -2.26. The van der Waals surface area contributed by atoms with Crippen LogP contribution in [0.4, 0.5) is 0 Å². The maximum absolute atomic E-state index is 11.6. The number of rotatable bonds is 24. The largest absolute Gasteiger partial charge is 0.478 e. The molecule has 20 heteroatoms. The lowest BCUT2D eigenvalue weighted by Gasteiger charge is -2.20. The molecule has 0 saturated carbocycles. The number of carbonyl (C=O) groups excluding carboxylic acids is 6. The van der Waals surface area contributed by atoms with Crippen molar-refractivity contribution in [1.82, 2.24) is 0 Å². The summed E-state index contributed by atoms with van der Waals surface area (Å²) in [7, 11) is 6.86. The summed E-state index contributed by atoms with van der Waals surface area (Å²) >= 11 is 1.77. The van der Waals surface area contributed by atoms with Crippen molar-refractivity contribution in [1.29, 1.82) is 0 Å². The molecule has 0 aliphatic carbocycles. The Morgan fingerprint density at radius 3 is 1.33 bits per heavy atom. The van der Waals surface area contributed by atoms with Gasteiger partial charge in [0.05, 0.1) is 97.9 Å². The molecule has 0 radical (unpaired) electrons. The predicted octanol–water partition coefficient (Wildman–Crippen LogP) is 9.10. The molecule has 0 fully saturated rings. The van der Waals surface area contributed by atoms with Crippen molar-refractivity contribution in [3.05, 3.63) is 34.4 Å². The summed E-state index contributed by atoms with van der Waals surface area (Å²) in [5.74, 6) is -4.91. The smallest absolute Gasteiger partial charge is 0.338 e.